The summed E-state index contributed by atoms with van der Waals surface area (Å²) in [5.74, 6) is -0.731. The van der Waals surface area contributed by atoms with Crippen molar-refractivity contribution in [2.24, 2.45) is 0 Å². The van der Waals surface area contributed by atoms with Crippen LogP contribution in [-0.2, 0) is 10.9 Å². The molecule has 0 aliphatic carbocycles. The number of nitrogens with two attached hydrogens (primary N) is 1. The van der Waals surface area contributed by atoms with Crippen molar-refractivity contribution in [3.05, 3.63) is 38.7 Å². The molecule has 1 aromatic heterocycles. The zero-order valence-corrected chi connectivity index (χ0v) is 12.2. The lowest BCUT2D eigenvalue weighted by molar-refractivity contribution is -0.137. The van der Waals surface area contributed by atoms with Crippen LogP contribution in [-0.4, -0.2) is 17.6 Å². The van der Waals surface area contributed by atoms with Gasteiger partial charge in [0, 0.05) is 5.69 Å². The highest BCUT2D eigenvalue weighted by atomic mass is 32.1. The summed E-state index contributed by atoms with van der Waals surface area (Å²) in [4.78, 5) is 11.6. The molecule has 112 valence electrons. The molecule has 0 saturated heterocycles. The van der Waals surface area contributed by atoms with E-state index in [1.165, 1.54) is 23.8 Å². The summed E-state index contributed by atoms with van der Waals surface area (Å²) in [6.07, 6.45) is -4.48. The van der Waals surface area contributed by atoms with Crippen LogP contribution in [0, 0.1) is 3.95 Å². The third-order valence-electron chi connectivity index (χ3n) is 2.65. The second-order valence-electron chi connectivity index (χ2n) is 3.96. The Labute approximate surface area is 126 Å². The van der Waals surface area contributed by atoms with Crippen LogP contribution in [0.4, 0.5) is 19.0 Å². The van der Waals surface area contributed by atoms with Gasteiger partial charge in [-0.2, -0.15) is 13.2 Å². The third kappa shape index (κ3) is 2.93. The molecular weight excluding hydrogens is 325 g/mol. The molecule has 0 fully saturated rings. The number of anilines is 1. The van der Waals surface area contributed by atoms with Gasteiger partial charge in [0.2, 0.25) is 0 Å². The van der Waals surface area contributed by atoms with E-state index in [0.717, 1.165) is 23.5 Å². The molecule has 2 N–H and O–H groups in total. The molecule has 0 aliphatic heterocycles. The lowest BCUT2D eigenvalue weighted by Crippen LogP contribution is -2.09. The molecule has 21 heavy (non-hydrogen) atoms. The summed E-state index contributed by atoms with van der Waals surface area (Å²) >= 11 is 5.94. The second kappa shape index (κ2) is 5.49. The Morgan fingerprint density at radius 1 is 1.43 bits per heavy atom. The van der Waals surface area contributed by atoms with Crippen LogP contribution in [0.5, 0.6) is 0 Å². The summed E-state index contributed by atoms with van der Waals surface area (Å²) < 4.78 is 44.1. The number of ether oxygens (including phenoxy) is 1. The fraction of sp³-hybridized carbons (Fsp3) is 0.167. The standard InChI is InChI=1S/C12H9F3N2O2S2/c1-19-10(18)8-9(16)17(11(20)21-8)7-4-2-3-6(5-7)12(13,14)15/h2-5H,16H2,1H3. The summed E-state index contributed by atoms with van der Waals surface area (Å²) in [7, 11) is 1.18. The van der Waals surface area contributed by atoms with Crippen LogP contribution in [0.1, 0.15) is 15.2 Å². The molecule has 0 aliphatic rings. The molecule has 0 saturated carbocycles. The van der Waals surface area contributed by atoms with Crippen molar-refractivity contribution >= 4 is 35.3 Å². The molecule has 9 heteroatoms. The Balaban J connectivity index is 2.61. The number of alkyl halides is 3. The molecule has 0 unspecified atom stereocenters. The molecule has 0 atom stereocenters. The van der Waals surface area contributed by atoms with Gasteiger partial charge in [-0.3, -0.25) is 4.57 Å². The number of carbonyl (C=O) groups excluding carboxylic acids is 1. The van der Waals surface area contributed by atoms with Crippen LogP contribution in [0.25, 0.3) is 5.69 Å². The molecule has 1 heterocycles. The lowest BCUT2D eigenvalue weighted by Gasteiger charge is -2.10. The van der Waals surface area contributed by atoms with Gasteiger partial charge in [-0.05, 0) is 30.4 Å². The first-order chi connectivity index (χ1) is 9.75. The molecule has 0 amide bonds. The highest BCUT2D eigenvalue weighted by Crippen LogP contribution is 2.32. The monoisotopic (exact) mass is 334 g/mol. The molecule has 0 radical (unpaired) electrons. The Bertz CT molecular complexity index is 750. The van der Waals surface area contributed by atoms with E-state index >= 15 is 0 Å². The lowest BCUT2D eigenvalue weighted by atomic mass is 10.2. The summed E-state index contributed by atoms with van der Waals surface area (Å²) in [6.45, 7) is 0. The summed E-state index contributed by atoms with van der Waals surface area (Å²) in [6, 6.07) is 4.53. The topological polar surface area (TPSA) is 57.2 Å². The second-order valence-corrected chi connectivity index (χ2v) is 5.60. The first-order valence-corrected chi connectivity index (χ1v) is 6.75. The van der Waals surface area contributed by atoms with Gasteiger partial charge in [-0.15, -0.1) is 0 Å². The Kier molecular flexibility index (Phi) is 4.06. The van der Waals surface area contributed by atoms with Crippen LogP contribution in [0.3, 0.4) is 0 Å². The SMILES string of the molecule is COC(=O)c1sc(=S)n(-c2cccc(C(F)(F)F)c2)c1N. The first-order valence-electron chi connectivity index (χ1n) is 5.53. The van der Waals surface area contributed by atoms with E-state index in [1.54, 1.807) is 0 Å². The number of hydrogen-bond acceptors (Lipinski definition) is 5. The summed E-state index contributed by atoms with van der Waals surface area (Å²) in [5.41, 5.74) is 5.11. The number of thiazole rings is 1. The van der Waals surface area contributed by atoms with Crippen molar-refractivity contribution < 1.29 is 22.7 Å². The Morgan fingerprint density at radius 3 is 2.67 bits per heavy atom. The van der Waals surface area contributed by atoms with E-state index in [9.17, 15) is 18.0 Å². The minimum atomic E-state index is -4.48. The van der Waals surface area contributed by atoms with E-state index in [0.29, 0.717) is 0 Å². The fourth-order valence-electron chi connectivity index (χ4n) is 1.69. The van der Waals surface area contributed by atoms with Gasteiger partial charge < -0.3 is 10.5 Å². The zero-order valence-electron chi connectivity index (χ0n) is 10.6. The minimum Gasteiger partial charge on any atom is -0.465 e. The van der Waals surface area contributed by atoms with E-state index in [4.69, 9.17) is 18.0 Å². The number of aromatic nitrogens is 1. The maximum atomic E-state index is 12.7. The van der Waals surface area contributed by atoms with Gasteiger partial charge in [0.1, 0.15) is 5.82 Å². The maximum Gasteiger partial charge on any atom is 0.416 e. The number of carbonyl (C=O) groups is 1. The zero-order chi connectivity index (χ0) is 15.8. The number of esters is 1. The number of methoxy groups -OCH3 is 1. The van der Waals surface area contributed by atoms with Crippen LogP contribution in [0.2, 0.25) is 0 Å². The number of halogens is 3. The smallest absolute Gasteiger partial charge is 0.416 e. The highest BCUT2D eigenvalue weighted by molar-refractivity contribution is 7.73. The van der Waals surface area contributed by atoms with Gasteiger partial charge in [0.25, 0.3) is 0 Å². The fourth-order valence-corrected chi connectivity index (χ4v) is 2.98. The molecule has 2 aromatic rings. The minimum absolute atomic E-state index is 0.0452. The molecule has 2 rings (SSSR count). The Morgan fingerprint density at radius 2 is 2.10 bits per heavy atom. The van der Waals surface area contributed by atoms with E-state index < -0.39 is 17.7 Å². The average Bonchev–Trinajstić information content (AvgIpc) is 2.72. The molecular formula is C12H9F3N2O2S2. The van der Waals surface area contributed by atoms with Crippen molar-refractivity contribution in [1.82, 2.24) is 4.57 Å². The predicted molar refractivity (Wildman–Crippen MR) is 75.2 cm³/mol. The molecule has 1 aromatic carbocycles. The normalized spacial score (nSPS) is 11.4. The van der Waals surface area contributed by atoms with E-state index in [1.807, 2.05) is 0 Å². The van der Waals surface area contributed by atoms with Gasteiger partial charge >= 0.3 is 12.1 Å². The van der Waals surface area contributed by atoms with E-state index in [-0.39, 0.29) is 20.3 Å². The van der Waals surface area contributed by atoms with Gasteiger partial charge in [0.15, 0.2) is 8.83 Å². The van der Waals surface area contributed by atoms with Gasteiger partial charge in [-0.1, -0.05) is 17.4 Å². The molecule has 0 bridgehead atoms. The quantitative estimate of drug-likeness (QED) is 0.673. The van der Waals surface area contributed by atoms with Crippen molar-refractivity contribution in [1.29, 1.82) is 0 Å². The van der Waals surface area contributed by atoms with Crippen molar-refractivity contribution in [2.45, 2.75) is 6.18 Å². The summed E-state index contributed by atoms with van der Waals surface area (Å²) in [5, 5.41) is 0. The molecule has 4 nitrogen and oxygen atoms in total. The number of rotatable bonds is 2. The number of nitrogens with zero attached hydrogens (tertiary/aromatic N) is 1. The first kappa shape index (κ1) is 15.5. The van der Waals surface area contributed by atoms with Crippen LogP contribution < -0.4 is 5.73 Å². The number of hydrogen-bond donors (Lipinski definition) is 1. The van der Waals surface area contributed by atoms with Crippen molar-refractivity contribution in [3.63, 3.8) is 0 Å². The van der Waals surface area contributed by atoms with Crippen molar-refractivity contribution in [2.75, 3.05) is 12.8 Å². The van der Waals surface area contributed by atoms with Gasteiger partial charge in [-0.25, -0.2) is 4.79 Å². The van der Waals surface area contributed by atoms with Crippen LogP contribution in [0.15, 0.2) is 24.3 Å². The largest absolute Gasteiger partial charge is 0.465 e. The molecule has 0 spiro atoms. The highest BCUT2D eigenvalue weighted by Gasteiger charge is 2.31. The average molecular weight is 334 g/mol. The van der Waals surface area contributed by atoms with E-state index in [2.05, 4.69) is 4.74 Å². The number of benzene rings is 1. The van der Waals surface area contributed by atoms with Gasteiger partial charge in [0.05, 0.1) is 12.7 Å². The maximum absolute atomic E-state index is 12.7. The predicted octanol–water partition coefficient (Wildman–Crippen LogP) is 3.66. The van der Waals surface area contributed by atoms with Crippen LogP contribution >= 0.6 is 23.6 Å². The number of nitrogen functional groups attached to an aromatic ring is 1. The van der Waals surface area contributed by atoms with Crippen molar-refractivity contribution in [3.8, 4) is 5.69 Å². The third-order valence-corrected chi connectivity index (χ3v) is 4.02. The Hall–Kier alpha value is -1.87.